The Labute approximate surface area is 136 Å². The summed E-state index contributed by atoms with van der Waals surface area (Å²) in [6, 6.07) is 4.68. The van der Waals surface area contributed by atoms with Gasteiger partial charge in [0.15, 0.2) is 0 Å². The fourth-order valence-electron chi connectivity index (χ4n) is 3.16. The van der Waals surface area contributed by atoms with E-state index in [2.05, 4.69) is 17.3 Å². The highest BCUT2D eigenvalue weighted by molar-refractivity contribution is 6.31. The number of nitrogens with zero attached hydrogens (tertiary/aromatic N) is 1. The van der Waals surface area contributed by atoms with Gasteiger partial charge in [0.1, 0.15) is 5.82 Å². The maximum atomic E-state index is 13.6. The summed E-state index contributed by atoms with van der Waals surface area (Å²) >= 11 is 6.04. The quantitative estimate of drug-likeness (QED) is 0.917. The lowest BCUT2D eigenvalue weighted by Crippen LogP contribution is -2.43. The molecule has 0 radical (unpaired) electrons. The smallest absolute Gasteiger partial charge is 0.220 e. The Morgan fingerprint density at radius 1 is 1.50 bits per heavy atom. The molecule has 1 aromatic rings. The number of hydrogen-bond acceptors (Lipinski definition) is 2. The van der Waals surface area contributed by atoms with Crippen LogP contribution in [0, 0.1) is 11.7 Å². The molecule has 0 aliphatic carbocycles. The van der Waals surface area contributed by atoms with Gasteiger partial charge >= 0.3 is 0 Å². The van der Waals surface area contributed by atoms with Crippen LogP contribution in [-0.2, 0) is 10.3 Å². The Hall–Kier alpha value is -1.13. The van der Waals surface area contributed by atoms with E-state index in [-0.39, 0.29) is 10.9 Å². The number of hydrogen-bond donors (Lipinski definition) is 1. The summed E-state index contributed by atoms with van der Waals surface area (Å²) < 4.78 is 13.6. The van der Waals surface area contributed by atoms with Gasteiger partial charge in [-0.2, -0.15) is 0 Å². The predicted octanol–water partition coefficient (Wildman–Crippen LogP) is 3.56. The fourth-order valence-corrected chi connectivity index (χ4v) is 3.52. The molecule has 5 heteroatoms. The number of benzene rings is 1. The number of piperidine rings is 1. The van der Waals surface area contributed by atoms with E-state index in [1.807, 2.05) is 13.8 Å². The molecule has 0 unspecified atom stereocenters. The van der Waals surface area contributed by atoms with E-state index >= 15 is 0 Å². The number of carbonyl (C=O) groups is 1. The number of rotatable bonds is 4. The topological polar surface area (TPSA) is 32.3 Å². The van der Waals surface area contributed by atoms with Gasteiger partial charge in [-0.3, -0.25) is 4.79 Å². The zero-order valence-corrected chi connectivity index (χ0v) is 14.2. The van der Waals surface area contributed by atoms with Gasteiger partial charge in [0.2, 0.25) is 5.91 Å². The molecule has 1 fully saturated rings. The molecule has 3 nitrogen and oxygen atoms in total. The van der Waals surface area contributed by atoms with Crippen LogP contribution < -0.4 is 5.32 Å². The first kappa shape index (κ1) is 17.2. The number of likely N-dealkylation sites (tertiary alicyclic amines) is 1. The van der Waals surface area contributed by atoms with Crippen LogP contribution in [0.5, 0.6) is 0 Å². The molecule has 0 spiro atoms. The van der Waals surface area contributed by atoms with Gasteiger partial charge in [0.25, 0.3) is 0 Å². The van der Waals surface area contributed by atoms with Crippen LogP contribution in [0.15, 0.2) is 18.2 Å². The minimum absolute atomic E-state index is 0.00868. The highest BCUT2D eigenvalue weighted by Gasteiger charge is 2.28. The maximum Gasteiger partial charge on any atom is 0.220 e. The highest BCUT2D eigenvalue weighted by atomic mass is 35.5. The van der Waals surface area contributed by atoms with Crippen molar-refractivity contribution < 1.29 is 9.18 Å². The molecular weight excluding hydrogens is 303 g/mol. The Bertz CT molecular complexity index is 547. The van der Waals surface area contributed by atoms with Gasteiger partial charge < -0.3 is 10.2 Å². The van der Waals surface area contributed by atoms with Crippen LogP contribution >= 0.6 is 11.6 Å². The molecular formula is C17H24ClFN2O. The second-order valence-corrected chi connectivity index (χ2v) is 7.13. The first-order valence-corrected chi connectivity index (χ1v) is 8.11. The Morgan fingerprint density at radius 3 is 2.91 bits per heavy atom. The number of amides is 1. The molecule has 2 rings (SSSR count). The third-order valence-corrected chi connectivity index (χ3v) is 4.66. The first-order valence-electron chi connectivity index (χ1n) is 7.73. The van der Waals surface area contributed by atoms with E-state index in [0.717, 1.165) is 25.9 Å². The van der Waals surface area contributed by atoms with Crippen LogP contribution in [0.4, 0.5) is 4.39 Å². The van der Waals surface area contributed by atoms with E-state index in [0.29, 0.717) is 17.9 Å². The lowest BCUT2D eigenvalue weighted by atomic mass is 9.91. The molecule has 0 aromatic heterocycles. The zero-order chi connectivity index (χ0) is 16.3. The Balaban J connectivity index is 2.01. The van der Waals surface area contributed by atoms with Crippen molar-refractivity contribution in [2.24, 2.45) is 5.92 Å². The van der Waals surface area contributed by atoms with Crippen LogP contribution in [0.3, 0.4) is 0 Å². The second-order valence-electron chi connectivity index (χ2n) is 6.75. The van der Waals surface area contributed by atoms with Gasteiger partial charge in [-0.05, 0) is 57.8 Å². The lowest BCUT2D eigenvalue weighted by molar-refractivity contribution is -0.124. The normalized spacial score (nSPS) is 20.0. The van der Waals surface area contributed by atoms with E-state index in [1.165, 1.54) is 6.07 Å². The largest absolute Gasteiger partial charge is 0.347 e. The first-order chi connectivity index (χ1) is 10.3. The molecule has 22 heavy (non-hydrogen) atoms. The van der Waals surface area contributed by atoms with Crippen LogP contribution in [0.2, 0.25) is 5.02 Å². The molecule has 0 saturated carbocycles. The van der Waals surface area contributed by atoms with Gasteiger partial charge in [0.05, 0.1) is 10.6 Å². The van der Waals surface area contributed by atoms with Gasteiger partial charge in [0, 0.05) is 13.0 Å². The van der Waals surface area contributed by atoms with Crippen molar-refractivity contribution in [3.05, 3.63) is 34.6 Å². The molecule has 1 heterocycles. The van der Waals surface area contributed by atoms with Crippen LogP contribution in [0.25, 0.3) is 0 Å². The summed E-state index contributed by atoms with van der Waals surface area (Å²) in [6.45, 7) is 5.74. The minimum Gasteiger partial charge on any atom is -0.347 e. The minimum atomic E-state index is -0.698. The highest BCUT2D eigenvalue weighted by Crippen LogP contribution is 2.30. The number of nitrogens with one attached hydrogen (secondary N) is 1. The summed E-state index contributed by atoms with van der Waals surface area (Å²) in [6.07, 6.45) is 2.72. The third kappa shape index (κ3) is 4.20. The van der Waals surface area contributed by atoms with Gasteiger partial charge in [-0.25, -0.2) is 4.39 Å². The number of halogens is 2. The average Bonchev–Trinajstić information content (AvgIpc) is 2.40. The van der Waals surface area contributed by atoms with Crippen molar-refractivity contribution in [1.29, 1.82) is 0 Å². The van der Waals surface area contributed by atoms with Gasteiger partial charge in [-0.15, -0.1) is 0 Å². The molecule has 1 aliphatic heterocycles. The zero-order valence-electron chi connectivity index (χ0n) is 13.5. The van der Waals surface area contributed by atoms with Crippen molar-refractivity contribution in [3.63, 3.8) is 0 Å². The van der Waals surface area contributed by atoms with Crippen LogP contribution in [-0.4, -0.2) is 30.9 Å². The molecule has 1 aliphatic rings. The fraction of sp³-hybridized carbons (Fsp3) is 0.588. The monoisotopic (exact) mass is 326 g/mol. The van der Waals surface area contributed by atoms with E-state index in [4.69, 9.17) is 11.6 Å². The average molecular weight is 327 g/mol. The standard InChI is InChI=1S/C17H24ClFN2O/c1-17(2,13-7-4-8-14(19)16(13)18)20-15(22)10-12-6-5-9-21(3)11-12/h4,7-8,12H,5-6,9-11H2,1-3H3,(H,20,22)/t12-/m0/s1. The lowest BCUT2D eigenvalue weighted by Gasteiger charge is -2.32. The predicted molar refractivity (Wildman–Crippen MR) is 87.4 cm³/mol. The van der Waals surface area contributed by atoms with Crippen molar-refractivity contribution >= 4 is 17.5 Å². The summed E-state index contributed by atoms with van der Waals surface area (Å²) in [4.78, 5) is 14.6. The molecule has 1 N–H and O–H groups in total. The molecule has 1 atom stereocenters. The number of carbonyl (C=O) groups excluding carboxylic acids is 1. The van der Waals surface area contributed by atoms with E-state index in [9.17, 15) is 9.18 Å². The maximum absolute atomic E-state index is 13.6. The van der Waals surface area contributed by atoms with Crippen molar-refractivity contribution in [2.75, 3.05) is 20.1 Å². The van der Waals surface area contributed by atoms with Crippen molar-refractivity contribution in [2.45, 2.75) is 38.6 Å². The summed E-state index contributed by atoms with van der Waals surface area (Å²) in [5.74, 6) is -0.0847. The molecule has 1 aromatic carbocycles. The van der Waals surface area contributed by atoms with E-state index in [1.54, 1.807) is 12.1 Å². The van der Waals surface area contributed by atoms with Gasteiger partial charge in [-0.1, -0.05) is 23.7 Å². The molecule has 122 valence electrons. The summed E-state index contributed by atoms with van der Waals surface area (Å²) in [5, 5.41) is 3.07. The SMILES string of the molecule is CN1CCC[C@@H](CC(=O)NC(C)(C)c2cccc(F)c2Cl)C1. The Kier molecular flexibility index (Phi) is 5.45. The molecule has 1 saturated heterocycles. The van der Waals surface area contributed by atoms with Crippen LogP contribution in [0.1, 0.15) is 38.7 Å². The van der Waals surface area contributed by atoms with Crippen molar-refractivity contribution in [1.82, 2.24) is 10.2 Å². The summed E-state index contributed by atoms with van der Waals surface area (Å²) in [7, 11) is 2.08. The molecule has 1 amide bonds. The Morgan fingerprint density at radius 2 is 2.23 bits per heavy atom. The third-order valence-electron chi connectivity index (χ3n) is 4.27. The van der Waals surface area contributed by atoms with Crippen molar-refractivity contribution in [3.8, 4) is 0 Å². The summed E-state index contributed by atoms with van der Waals surface area (Å²) in [5.41, 5.74) is -0.0973. The molecule has 0 bridgehead atoms. The second kappa shape index (κ2) is 6.97. The van der Waals surface area contributed by atoms with E-state index < -0.39 is 11.4 Å².